The smallest absolute Gasteiger partial charge is 0.335 e. The molecule has 0 saturated carbocycles. The van der Waals surface area contributed by atoms with E-state index in [4.69, 9.17) is 0 Å². The van der Waals surface area contributed by atoms with Gasteiger partial charge in [-0.25, -0.2) is 13.2 Å². The van der Waals surface area contributed by atoms with Crippen molar-refractivity contribution in [3.05, 3.63) is 89.0 Å². The van der Waals surface area contributed by atoms with E-state index in [1.807, 2.05) is 13.0 Å². The van der Waals surface area contributed by atoms with Crippen LogP contribution in [0.2, 0.25) is 0 Å². The zero-order valence-corrected chi connectivity index (χ0v) is 24.5. The number of nitrogens with zero attached hydrogens (tertiary/aromatic N) is 1. The molecule has 8 heteroatoms. The molecule has 0 fully saturated rings. The number of β-amino-alcohol motifs (C(OH)–C–C–N with tert-alkyl or cyclic N) is 1. The highest BCUT2D eigenvalue weighted by Crippen LogP contribution is 2.32. The van der Waals surface area contributed by atoms with E-state index in [1.54, 1.807) is 30.3 Å². The molecule has 0 amide bonds. The van der Waals surface area contributed by atoms with Gasteiger partial charge in [-0.3, -0.25) is 0 Å². The van der Waals surface area contributed by atoms with Crippen molar-refractivity contribution in [2.75, 3.05) is 20.1 Å². The number of hydrogen-bond acceptors (Lipinski definition) is 5. The van der Waals surface area contributed by atoms with Crippen LogP contribution in [-0.2, 0) is 29.3 Å². The first-order valence-corrected chi connectivity index (χ1v) is 15.3. The summed E-state index contributed by atoms with van der Waals surface area (Å²) in [4.78, 5) is 11.8. The van der Waals surface area contributed by atoms with Gasteiger partial charge in [-0.2, -0.15) is 4.31 Å². The number of aromatic carboxylic acids is 1. The van der Waals surface area contributed by atoms with Crippen LogP contribution in [0.25, 0.3) is 11.1 Å². The Labute approximate surface area is 237 Å². The minimum atomic E-state index is -3.88. The molecular weight excluding hydrogens is 524 g/mol. The van der Waals surface area contributed by atoms with Gasteiger partial charge >= 0.3 is 5.97 Å². The molecule has 0 radical (unpaired) electrons. The lowest BCUT2D eigenvalue weighted by atomic mass is 9.88. The van der Waals surface area contributed by atoms with Crippen molar-refractivity contribution in [2.24, 2.45) is 5.92 Å². The fraction of sp³-hybridized carbons (Fsp3) is 0.406. The van der Waals surface area contributed by atoms with Crippen LogP contribution in [0.4, 0.5) is 0 Å². The van der Waals surface area contributed by atoms with Gasteiger partial charge < -0.3 is 15.5 Å². The number of carbonyl (C=O) groups is 1. The van der Waals surface area contributed by atoms with E-state index in [9.17, 15) is 23.4 Å². The van der Waals surface area contributed by atoms with Gasteiger partial charge in [0.25, 0.3) is 0 Å². The molecule has 3 N–H and O–H groups in total. The van der Waals surface area contributed by atoms with Gasteiger partial charge in [0.2, 0.25) is 10.0 Å². The molecule has 0 aliphatic heterocycles. The first-order chi connectivity index (χ1) is 18.9. The van der Waals surface area contributed by atoms with Crippen LogP contribution in [0, 0.1) is 5.92 Å². The standard InChI is InChI=1S/C32H40N2O5S/c1-5-28-29(14-9-15-30(28)31(36)37)25-12-8-13-27(18-25)40(38,39)34(4)21-26(35)20-33-32(2,3)19-22-16-23-10-6-7-11-24(23)17-22/h6-15,18,22,26,33,35H,5,16-17,19-21H2,1-4H3,(H,36,37). The third-order valence-electron chi connectivity index (χ3n) is 7.83. The molecule has 214 valence electrons. The van der Waals surface area contributed by atoms with Crippen molar-refractivity contribution in [3.63, 3.8) is 0 Å². The molecule has 1 unspecified atom stereocenters. The number of carboxylic acid groups (broad SMARTS) is 1. The highest BCUT2D eigenvalue weighted by atomic mass is 32.2. The normalized spacial score (nSPS) is 14.8. The molecule has 0 bridgehead atoms. The van der Waals surface area contributed by atoms with Gasteiger partial charge in [-0.15, -0.1) is 0 Å². The van der Waals surface area contributed by atoms with Gasteiger partial charge in [-0.1, -0.05) is 55.5 Å². The van der Waals surface area contributed by atoms with Crippen molar-refractivity contribution in [1.82, 2.24) is 9.62 Å². The van der Waals surface area contributed by atoms with E-state index in [-0.39, 0.29) is 29.1 Å². The third kappa shape index (κ3) is 6.81. The molecule has 3 aromatic carbocycles. The van der Waals surface area contributed by atoms with Crippen LogP contribution in [0.5, 0.6) is 0 Å². The Balaban J connectivity index is 1.39. The maximum absolute atomic E-state index is 13.4. The zero-order chi connectivity index (χ0) is 29.1. The summed E-state index contributed by atoms with van der Waals surface area (Å²) in [6.07, 6.45) is 2.69. The number of aliphatic hydroxyl groups excluding tert-OH is 1. The number of hydrogen-bond donors (Lipinski definition) is 3. The number of fused-ring (bicyclic) bond motifs is 1. The first-order valence-electron chi connectivity index (χ1n) is 13.8. The average molecular weight is 565 g/mol. The first kappa shape index (κ1) is 29.9. The monoisotopic (exact) mass is 564 g/mol. The fourth-order valence-electron chi connectivity index (χ4n) is 5.88. The van der Waals surface area contributed by atoms with Gasteiger partial charge in [0.15, 0.2) is 0 Å². The maximum atomic E-state index is 13.4. The number of rotatable bonds is 12. The number of carboxylic acids is 1. The molecule has 0 spiro atoms. The van der Waals surface area contributed by atoms with E-state index in [2.05, 4.69) is 43.4 Å². The second-order valence-electron chi connectivity index (χ2n) is 11.5. The molecule has 1 aliphatic carbocycles. The number of nitrogens with one attached hydrogen (secondary N) is 1. The summed E-state index contributed by atoms with van der Waals surface area (Å²) in [5, 5.41) is 23.8. The number of benzene rings is 3. The molecule has 7 nitrogen and oxygen atoms in total. The Kier molecular flexibility index (Phi) is 9.15. The molecular formula is C32H40N2O5S. The highest BCUT2D eigenvalue weighted by molar-refractivity contribution is 7.89. The summed E-state index contributed by atoms with van der Waals surface area (Å²) < 4.78 is 28.0. The van der Waals surface area contributed by atoms with Crippen molar-refractivity contribution in [2.45, 2.75) is 63.0 Å². The Bertz CT molecular complexity index is 1440. The van der Waals surface area contributed by atoms with Crippen LogP contribution >= 0.6 is 0 Å². The quantitative estimate of drug-likeness (QED) is 0.293. The second-order valence-corrected chi connectivity index (χ2v) is 13.5. The minimum Gasteiger partial charge on any atom is -0.478 e. The van der Waals surface area contributed by atoms with Crippen molar-refractivity contribution in [1.29, 1.82) is 0 Å². The average Bonchev–Trinajstić information content (AvgIpc) is 3.33. The van der Waals surface area contributed by atoms with Crippen molar-refractivity contribution < 1.29 is 23.4 Å². The Morgan fingerprint density at radius 2 is 1.70 bits per heavy atom. The summed E-state index contributed by atoms with van der Waals surface area (Å²) in [6, 6.07) is 20.1. The molecule has 0 aromatic heterocycles. The SMILES string of the molecule is CCc1c(C(=O)O)cccc1-c1cccc(S(=O)(=O)N(C)CC(O)CNC(C)(C)CC2Cc3ccccc3C2)c1. The van der Waals surface area contributed by atoms with Crippen LogP contribution < -0.4 is 5.32 Å². The Morgan fingerprint density at radius 3 is 2.33 bits per heavy atom. The van der Waals surface area contributed by atoms with Crippen LogP contribution in [0.1, 0.15) is 54.2 Å². The Hall–Kier alpha value is -3.04. The minimum absolute atomic E-state index is 0.0563. The summed E-state index contributed by atoms with van der Waals surface area (Å²) in [6.45, 7) is 6.34. The maximum Gasteiger partial charge on any atom is 0.335 e. The fourth-order valence-corrected chi connectivity index (χ4v) is 7.14. The lowest BCUT2D eigenvalue weighted by molar-refractivity contribution is 0.0695. The molecule has 1 atom stereocenters. The second kappa shape index (κ2) is 12.2. The van der Waals surface area contributed by atoms with Crippen molar-refractivity contribution >= 4 is 16.0 Å². The molecule has 3 aromatic rings. The van der Waals surface area contributed by atoms with E-state index < -0.39 is 22.1 Å². The van der Waals surface area contributed by atoms with Crippen molar-refractivity contribution in [3.8, 4) is 11.1 Å². The summed E-state index contributed by atoms with van der Waals surface area (Å²) in [7, 11) is -2.42. The molecule has 40 heavy (non-hydrogen) atoms. The predicted octanol–water partition coefficient (Wildman–Crippen LogP) is 4.77. The molecule has 0 heterocycles. The predicted molar refractivity (Wildman–Crippen MR) is 158 cm³/mol. The number of sulfonamides is 1. The van der Waals surface area contributed by atoms with E-state index in [0.717, 1.165) is 19.3 Å². The topological polar surface area (TPSA) is 107 Å². The van der Waals surface area contributed by atoms with Crippen LogP contribution in [-0.4, -0.2) is 60.7 Å². The largest absolute Gasteiger partial charge is 0.478 e. The van der Waals surface area contributed by atoms with E-state index in [0.29, 0.717) is 29.0 Å². The zero-order valence-electron chi connectivity index (χ0n) is 23.7. The molecule has 4 rings (SSSR count). The molecule has 1 aliphatic rings. The van der Waals surface area contributed by atoms with Gasteiger partial charge in [0.1, 0.15) is 0 Å². The molecule has 0 saturated heterocycles. The third-order valence-corrected chi connectivity index (χ3v) is 9.65. The van der Waals surface area contributed by atoms with E-state index in [1.165, 1.54) is 28.5 Å². The lowest BCUT2D eigenvalue weighted by Gasteiger charge is -2.31. The van der Waals surface area contributed by atoms with Crippen LogP contribution in [0.3, 0.4) is 0 Å². The lowest BCUT2D eigenvalue weighted by Crippen LogP contribution is -2.47. The summed E-state index contributed by atoms with van der Waals surface area (Å²) in [5.41, 5.74) is 4.82. The highest BCUT2D eigenvalue weighted by Gasteiger charge is 2.29. The Morgan fingerprint density at radius 1 is 1.05 bits per heavy atom. The summed E-state index contributed by atoms with van der Waals surface area (Å²) in [5.74, 6) is -0.474. The number of likely N-dealkylation sites (N-methyl/N-ethyl adjacent to an activating group) is 1. The van der Waals surface area contributed by atoms with Gasteiger partial charge in [0, 0.05) is 25.7 Å². The van der Waals surface area contributed by atoms with Crippen LogP contribution in [0.15, 0.2) is 71.6 Å². The number of aliphatic hydroxyl groups is 1. The summed E-state index contributed by atoms with van der Waals surface area (Å²) >= 11 is 0. The van der Waals surface area contributed by atoms with Gasteiger partial charge in [0.05, 0.1) is 16.6 Å². The van der Waals surface area contributed by atoms with E-state index >= 15 is 0 Å². The van der Waals surface area contributed by atoms with Gasteiger partial charge in [-0.05, 0) is 91.5 Å².